The monoisotopic (exact) mass is 495 g/mol. The number of carbonyl (C=O) groups is 3. The number of aromatic nitrogens is 1. The second kappa shape index (κ2) is 10.4. The summed E-state index contributed by atoms with van der Waals surface area (Å²) in [5.74, 6) is -0.811. The van der Waals surface area contributed by atoms with Gasteiger partial charge in [0.15, 0.2) is 6.39 Å². The Labute approximate surface area is 208 Å². The molecule has 4 rings (SSSR count). The van der Waals surface area contributed by atoms with E-state index in [2.05, 4.69) is 17.2 Å². The van der Waals surface area contributed by atoms with Crippen molar-refractivity contribution in [3.63, 3.8) is 0 Å². The van der Waals surface area contributed by atoms with E-state index in [1.165, 1.54) is 12.6 Å². The van der Waals surface area contributed by atoms with E-state index in [0.717, 1.165) is 47.5 Å². The maximum Gasteiger partial charge on any atom is 0.348 e. The van der Waals surface area contributed by atoms with Crippen LogP contribution in [-0.4, -0.2) is 33.9 Å². The molecular weight excluding hydrogens is 466 g/mol. The lowest BCUT2D eigenvalue weighted by atomic mass is 9.82. The minimum absolute atomic E-state index is 0.00391. The Morgan fingerprint density at radius 3 is 2.40 bits per heavy atom. The van der Waals surface area contributed by atoms with Crippen molar-refractivity contribution in [1.82, 2.24) is 4.98 Å². The van der Waals surface area contributed by atoms with Gasteiger partial charge in [0, 0.05) is 22.5 Å². The number of nitrogens with one attached hydrogen (secondary N) is 1. The zero-order chi connectivity index (χ0) is 25.1. The van der Waals surface area contributed by atoms with Crippen LogP contribution in [0.2, 0.25) is 0 Å². The molecule has 35 heavy (non-hydrogen) atoms. The third-order valence-electron chi connectivity index (χ3n) is 6.37. The first-order valence-electron chi connectivity index (χ1n) is 11.7. The number of carboxylic acid groups (broad SMARTS) is 1. The molecule has 2 heterocycles. The van der Waals surface area contributed by atoms with E-state index < -0.39 is 11.9 Å². The quantitative estimate of drug-likeness (QED) is 0.421. The summed E-state index contributed by atoms with van der Waals surface area (Å²) in [6.07, 6.45) is 6.23. The van der Waals surface area contributed by atoms with Gasteiger partial charge in [0.25, 0.3) is 5.91 Å². The number of nitrogens with zero attached hydrogens (tertiary/aromatic N) is 2. The Morgan fingerprint density at radius 2 is 1.83 bits per heavy atom. The largest absolute Gasteiger partial charge is 0.477 e. The van der Waals surface area contributed by atoms with Crippen LogP contribution in [0, 0.1) is 11.8 Å². The highest BCUT2D eigenvalue weighted by Crippen LogP contribution is 2.40. The average molecular weight is 496 g/mol. The maximum absolute atomic E-state index is 13.5. The van der Waals surface area contributed by atoms with E-state index in [-0.39, 0.29) is 28.5 Å². The second-order valence-corrected chi connectivity index (χ2v) is 10.3. The normalized spacial score (nSPS) is 17.8. The Morgan fingerprint density at radius 1 is 1.14 bits per heavy atom. The highest BCUT2D eigenvalue weighted by molar-refractivity contribution is 7.18. The SMILES string of the molecule is CC(C)N(c1cc(-c2ccc(NC(=O)c3cnco3)cc2)sc1C(=O)O)C(=O)[C@H]1CC[C@H](C)CC1. The Hall–Kier alpha value is -3.46. The topological polar surface area (TPSA) is 113 Å². The van der Waals surface area contributed by atoms with E-state index in [4.69, 9.17) is 4.42 Å². The summed E-state index contributed by atoms with van der Waals surface area (Å²) in [6, 6.07) is 8.70. The lowest BCUT2D eigenvalue weighted by Gasteiger charge is -2.33. The van der Waals surface area contributed by atoms with Gasteiger partial charge in [-0.15, -0.1) is 11.3 Å². The summed E-state index contributed by atoms with van der Waals surface area (Å²) >= 11 is 1.14. The molecule has 2 N–H and O–H groups in total. The molecule has 0 radical (unpaired) electrons. The van der Waals surface area contributed by atoms with Gasteiger partial charge in [0.2, 0.25) is 11.7 Å². The van der Waals surface area contributed by atoms with Gasteiger partial charge in [-0.3, -0.25) is 9.59 Å². The van der Waals surface area contributed by atoms with Gasteiger partial charge in [-0.2, -0.15) is 0 Å². The van der Waals surface area contributed by atoms with Crippen LogP contribution in [0.3, 0.4) is 0 Å². The summed E-state index contributed by atoms with van der Waals surface area (Å²) in [4.78, 5) is 44.1. The molecule has 0 bridgehead atoms. The van der Waals surface area contributed by atoms with Crippen molar-refractivity contribution in [2.45, 2.75) is 52.5 Å². The molecule has 0 spiro atoms. The van der Waals surface area contributed by atoms with Crippen molar-refractivity contribution >= 4 is 40.5 Å². The smallest absolute Gasteiger partial charge is 0.348 e. The molecule has 8 nitrogen and oxygen atoms in total. The third-order valence-corrected chi connectivity index (χ3v) is 7.53. The molecule has 0 atom stereocenters. The number of hydrogen-bond acceptors (Lipinski definition) is 6. The number of anilines is 2. The van der Waals surface area contributed by atoms with Gasteiger partial charge in [-0.25, -0.2) is 9.78 Å². The Bertz CT molecular complexity index is 1190. The number of amides is 2. The molecule has 1 fully saturated rings. The number of rotatable bonds is 7. The molecule has 184 valence electrons. The summed E-state index contributed by atoms with van der Waals surface area (Å²) in [7, 11) is 0. The molecule has 1 aliphatic rings. The van der Waals surface area contributed by atoms with Crippen molar-refractivity contribution in [2.75, 3.05) is 10.2 Å². The van der Waals surface area contributed by atoms with E-state index in [1.807, 2.05) is 13.8 Å². The molecular formula is C26H29N3O5S. The van der Waals surface area contributed by atoms with E-state index in [0.29, 0.717) is 17.3 Å². The zero-order valence-electron chi connectivity index (χ0n) is 20.0. The minimum atomic E-state index is -1.05. The van der Waals surface area contributed by atoms with Gasteiger partial charge in [-0.1, -0.05) is 19.1 Å². The molecule has 1 aromatic carbocycles. The molecule has 1 saturated carbocycles. The molecule has 3 aromatic rings. The third kappa shape index (κ3) is 5.45. The molecule has 9 heteroatoms. The highest BCUT2D eigenvalue weighted by atomic mass is 32.1. The molecule has 0 saturated heterocycles. The summed E-state index contributed by atoms with van der Waals surface area (Å²) in [5.41, 5.74) is 1.80. The van der Waals surface area contributed by atoms with E-state index >= 15 is 0 Å². The van der Waals surface area contributed by atoms with Crippen molar-refractivity contribution in [3.8, 4) is 10.4 Å². The first-order valence-corrected chi connectivity index (χ1v) is 12.6. The number of hydrogen-bond donors (Lipinski definition) is 2. The minimum Gasteiger partial charge on any atom is -0.477 e. The first kappa shape index (κ1) is 24.7. The number of benzene rings is 1. The van der Waals surface area contributed by atoms with Gasteiger partial charge in [0.1, 0.15) is 4.88 Å². The lowest BCUT2D eigenvalue weighted by molar-refractivity contribution is -0.123. The number of thiophene rings is 1. The van der Waals surface area contributed by atoms with E-state index in [9.17, 15) is 19.5 Å². The van der Waals surface area contributed by atoms with Gasteiger partial charge >= 0.3 is 5.97 Å². The van der Waals surface area contributed by atoms with Crippen molar-refractivity contribution in [3.05, 3.63) is 53.6 Å². The summed E-state index contributed by atoms with van der Waals surface area (Å²) in [5, 5.41) is 12.7. The second-order valence-electron chi connectivity index (χ2n) is 9.29. The fourth-order valence-corrected chi connectivity index (χ4v) is 5.44. The van der Waals surface area contributed by atoms with Crippen LogP contribution < -0.4 is 10.2 Å². The molecule has 1 aliphatic carbocycles. The molecule has 0 aliphatic heterocycles. The highest BCUT2D eigenvalue weighted by Gasteiger charge is 2.33. The average Bonchev–Trinajstić information content (AvgIpc) is 3.51. The van der Waals surface area contributed by atoms with Crippen LogP contribution in [0.4, 0.5) is 11.4 Å². The fourth-order valence-electron chi connectivity index (χ4n) is 4.45. The number of carboxylic acids is 1. The van der Waals surface area contributed by atoms with Crippen molar-refractivity contribution in [2.24, 2.45) is 11.8 Å². The molecule has 2 amide bonds. The lowest BCUT2D eigenvalue weighted by Crippen LogP contribution is -2.42. The van der Waals surface area contributed by atoms with Crippen LogP contribution >= 0.6 is 11.3 Å². The van der Waals surface area contributed by atoms with Crippen LogP contribution in [0.1, 0.15) is 66.7 Å². The fraction of sp³-hybridized carbons (Fsp3) is 0.385. The zero-order valence-corrected chi connectivity index (χ0v) is 20.8. The number of carbonyl (C=O) groups excluding carboxylic acids is 2. The number of oxazole rings is 1. The van der Waals surface area contributed by atoms with Crippen LogP contribution in [0.15, 0.2) is 47.3 Å². The van der Waals surface area contributed by atoms with Gasteiger partial charge in [-0.05, 0) is 69.2 Å². The summed E-state index contributed by atoms with van der Waals surface area (Å²) in [6.45, 7) is 6.04. The van der Waals surface area contributed by atoms with Crippen molar-refractivity contribution in [1.29, 1.82) is 0 Å². The standard InChI is InChI=1S/C26H29N3O5S/c1-15(2)29(25(31)18-6-4-16(3)5-7-18)20-12-22(35-23(20)26(32)33)17-8-10-19(11-9-17)28-24(30)21-13-27-14-34-21/h8-16,18H,4-7H2,1-3H3,(H,28,30)(H,32,33)/t16-,18-. The van der Waals surface area contributed by atoms with E-state index in [1.54, 1.807) is 35.2 Å². The first-order chi connectivity index (χ1) is 16.7. The Balaban J connectivity index is 1.59. The predicted molar refractivity (Wildman–Crippen MR) is 135 cm³/mol. The van der Waals surface area contributed by atoms with Crippen LogP contribution in [0.25, 0.3) is 10.4 Å². The molecule has 0 unspecified atom stereocenters. The van der Waals surface area contributed by atoms with Crippen LogP contribution in [-0.2, 0) is 4.79 Å². The summed E-state index contributed by atoms with van der Waals surface area (Å²) < 4.78 is 5.00. The van der Waals surface area contributed by atoms with Crippen LogP contribution in [0.5, 0.6) is 0 Å². The number of aromatic carboxylic acids is 1. The molecule has 2 aromatic heterocycles. The maximum atomic E-state index is 13.5. The van der Waals surface area contributed by atoms with Crippen molar-refractivity contribution < 1.29 is 23.9 Å². The van der Waals surface area contributed by atoms with Gasteiger partial charge in [0.05, 0.1) is 11.9 Å². The Kier molecular flexibility index (Phi) is 7.35. The predicted octanol–water partition coefficient (Wildman–Crippen LogP) is 5.92. The van der Waals surface area contributed by atoms with Gasteiger partial charge < -0.3 is 19.7 Å².